The fraction of sp³-hybridized carbons (Fsp3) is 0.571. The summed E-state index contributed by atoms with van der Waals surface area (Å²) in [5.74, 6) is 3.19. The van der Waals surface area contributed by atoms with Gasteiger partial charge in [0.15, 0.2) is 0 Å². The zero-order valence-corrected chi connectivity index (χ0v) is 13.3. The van der Waals surface area contributed by atoms with Crippen molar-refractivity contribution < 1.29 is 0 Å². The third-order valence-electron chi connectivity index (χ3n) is 6.81. The lowest BCUT2D eigenvalue weighted by Crippen LogP contribution is -2.46. The van der Waals surface area contributed by atoms with Crippen LogP contribution in [0.4, 0.5) is 0 Å². The van der Waals surface area contributed by atoms with E-state index in [9.17, 15) is 0 Å². The van der Waals surface area contributed by atoms with E-state index in [1.54, 1.807) is 19.3 Å². The van der Waals surface area contributed by atoms with Gasteiger partial charge in [-0.05, 0) is 86.0 Å². The number of hydrogen-bond acceptors (Lipinski definition) is 1. The third kappa shape index (κ3) is 2.09. The molecule has 0 unspecified atom stereocenters. The first kappa shape index (κ1) is 13.1. The number of pyridine rings is 1. The van der Waals surface area contributed by atoms with E-state index in [0.717, 1.165) is 17.8 Å². The molecule has 4 aliphatic carbocycles. The summed E-state index contributed by atoms with van der Waals surface area (Å²) in [5.41, 5.74) is 2.00. The lowest BCUT2D eigenvalue weighted by Gasteiger charge is -2.57. The Morgan fingerprint density at radius 3 is 2.32 bits per heavy atom. The molecular weight excluding hydrogens is 266 g/mol. The smallest absolute Gasteiger partial charge is 0.0482 e. The molecule has 0 spiro atoms. The predicted octanol–water partition coefficient (Wildman–Crippen LogP) is 5.38. The number of hydrogen-bond donors (Lipinski definition) is 0. The van der Waals surface area contributed by atoms with Crippen LogP contribution in [0.25, 0.3) is 10.8 Å². The molecule has 1 nitrogen and oxygen atoms in total. The largest absolute Gasteiger partial charge is 0.261 e. The summed E-state index contributed by atoms with van der Waals surface area (Å²) in [6, 6.07) is 10.9. The lowest BCUT2D eigenvalue weighted by molar-refractivity contribution is -0.0570. The van der Waals surface area contributed by atoms with Crippen molar-refractivity contribution in [2.45, 2.75) is 51.4 Å². The standard InChI is InChI=1S/C21H25N/c1-2-4-19-18(3-1)6-8-22-20(19)5-7-21-12-15-9-16(13-21)11-17(10-15)14-21/h1-4,6,8,15-17H,5,7,9-14H2. The first-order valence-electron chi connectivity index (χ1n) is 9.12. The Hall–Kier alpha value is -1.37. The van der Waals surface area contributed by atoms with Gasteiger partial charge in [-0.15, -0.1) is 0 Å². The van der Waals surface area contributed by atoms with Crippen molar-refractivity contribution in [2.24, 2.45) is 23.2 Å². The first-order chi connectivity index (χ1) is 10.8. The molecule has 0 radical (unpaired) electrons. The monoisotopic (exact) mass is 291 g/mol. The van der Waals surface area contributed by atoms with Crippen LogP contribution >= 0.6 is 0 Å². The summed E-state index contributed by atoms with van der Waals surface area (Å²) < 4.78 is 0. The highest BCUT2D eigenvalue weighted by Crippen LogP contribution is 2.61. The molecule has 1 aromatic heterocycles. The second kappa shape index (κ2) is 4.81. The lowest BCUT2D eigenvalue weighted by atomic mass is 9.48. The number of rotatable bonds is 3. The summed E-state index contributed by atoms with van der Waals surface area (Å²) in [6.07, 6.45) is 13.7. The van der Waals surface area contributed by atoms with Gasteiger partial charge in [-0.2, -0.15) is 0 Å². The van der Waals surface area contributed by atoms with Gasteiger partial charge in [0, 0.05) is 17.3 Å². The van der Waals surface area contributed by atoms with E-state index in [4.69, 9.17) is 4.98 Å². The molecule has 4 saturated carbocycles. The molecule has 4 aliphatic rings. The number of benzene rings is 1. The summed E-state index contributed by atoms with van der Waals surface area (Å²) in [4.78, 5) is 4.72. The SMILES string of the molecule is c1ccc2c(CCC34CC5CC(CC(C5)C3)C4)nccc2c1. The van der Waals surface area contributed by atoms with Gasteiger partial charge in [0.05, 0.1) is 0 Å². The van der Waals surface area contributed by atoms with Crippen molar-refractivity contribution >= 4 is 10.8 Å². The van der Waals surface area contributed by atoms with Gasteiger partial charge in [0.1, 0.15) is 0 Å². The number of aryl methyl sites for hydroxylation is 1. The molecule has 0 N–H and O–H groups in total. The zero-order chi connectivity index (χ0) is 14.6. The predicted molar refractivity (Wildman–Crippen MR) is 90.7 cm³/mol. The molecule has 1 heterocycles. The minimum Gasteiger partial charge on any atom is -0.261 e. The second-order valence-electron chi connectivity index (χ2n) is 8.40. The molecule has 0 aliphatic heterocycles. The van der Waals surface area contributed by atoms with Gasteiger partial charge in [0.2, 0.25) is 0 Å². The molecular formula is C21H25N. The Morgan fingerprint density at radius 1 is 0.909 bits per heavy atom. The summed E-state index contributed by atoms with van der Waals surface area (Å²) >= 11 is 0. The molecule has 4 bridgehead atoms. The van der Waals surface area contributed by atoms with Crippen LogP contribution in [0.15, 0.2) is 36.5 Å². The van der Waals surface area contributed by atoms with Gasteiger partial charge < -0.3 is 0 Å². The van der Waals surface area contributed by atoms with Crippen LogP contribution in [0.5, 0.6) is 0 Å². The number of fused-ring (bicyclic) bond motifs is 1. The molecule has 2 aromatic rings. The molecule has 114 valence electrons. The molecule has 0 atom stereocenters. The average molecular weight is 291 g/mol. The van der Waals surface area contributed by atoms with Crippen molar-refractivity contribution in [3.8, 4) is 0 Å². The highest BCUT2D eigenvalue weighted by molar-refractivity contribution is 5.84. The average Bonchev–Trinajstić information content (AvgIpc) is 2.52. The molecule has 6 rings (SSSR count). The Bertz CT molecular complexity index is 661. The zero-order valence-electron chi connectivity index (χ0n) is 13.3. The van der Waals surface area contributed by atoms with E-state index in [1.807, 2.05) is 6.20 Å². The number of aromatic nitrogens is 1. The maximum Gasteiger partial charge on any atom is 0.0482 e. The van der Waals surface area contributed by atoms with Crippen molar-refractivity contribution in [1.82, 2.24) is 4.98 Å². The van der Waals surface area contributed by atoms with Crippen molar-refractivity contribution in [2.75, 3.05) is 0 Å². The fourth-order valence-electron chi connectivity index (χ4n) is 6.36. The maximum absolute atomic E-state index is 4.72. The Kier molecular flexibility index (Phi) is 2.87. The van der Waals surface area contributed by atoms with E-state index in [2.05, 4.69) is 30.3 Å². The van der Waals surface area contributed by atoms with Crippen molar-refractivity contribution in [3.63, 3.8) is 0 Å². The molecule has 0 saturated heterocycles. The van der Waals surface area contributed by atoms with E-state index in [0.29, 0.717) is 5.41 Å². The molecule has 1 heteroatoms. The summed E-state index contributed by atoms with van der Waals surface area (Å²) in [5, 5.41) is 2.72. The highest BCUT2D eigenvalue weighted by Gasteiger charge is 2.50. The van der Waals surface area contributed by atoms with Crippen LogP contribution in [0.1, 0.15) is 50.6 Å². The second-order valence-corrected chi connectivity index (χ2v) is 8.40. The topological polar surface area (TPSA) is 12.9 Å². The first-order valence-corrected chi connectivity index (χ1v) is 9.12. The van der Waals surface area contributed by atoms with E-state index in [-0.39, 0.29) is 0 Å². The maximum atomic E-state index is 4.72. The quantitative estimate of drug-likeness (QED) is 0.739. The van der Waals surface area contributed by atoms with E-state index >= 15 is 0 Å². The van der Waals surface area contributed by atoms with Crippen molar-refractivity contribution in [3.05, 3.63) is 42.2 Å². The normalized spacial score (nSPS) is 36.1. The number of nitrogens with zero attached hydrogens (tertiary/aromatic N) is 1. The Labute approximate surface area is 133 Å². The minimum absolute atomic E-state index is 0.674. The van der Waals surface area contributed by atoms with Crippen LogP contribution in [0, 0.1) is 23.2 Å². The molecule has 1 aromatic carbocycles. The highest BCUT2D eigenvalue weighted by atomic mass is 14.7. The van der Waals surface area contributed by atoms with Crippen LogP contribution < -0.4 is 0 Å². The van der Waals surface area contributed by atoms with Crippen LogP contribution in [-0.4, -0.2) is 4.98 Å². The van der Waals surface area contributed by atoms with Gasteiger partial charge in [-0.25, -0.2) is 0 Å². The summed E-state index contributed by atoms with van der Waals surface area (Å²) in [7, 11) is 0. The van der Waals surface area contributed by atoms with Crippen molar-refractivity contribution in [1.29, 1.82) is 0 Å². The van der Waals surface area contributed by atoms with Gasteiger partial charge >= 0.3 is 0 Å². The Balaban J connectivity index is 1.40. The Morgan fingerprint density at radius 2 is 1.59 bits per heavy atom. The minimum atomic E-state index is 0.674. The van der Waals surface area contributed by atoms with Crippen LogP contribution in [0.3, 0.4) is 0 Å². The van der Waals surface area contributed by atoms with Crippen LogP contribution in [-0.2, 0) is 6.42 Å². The fourth-order valence-corrected chi connectivity index (χ4v) is 6.36. The molecule has 4 fully saturated rings. The molecule has 22 heavy (non-hydrogen) atoms. The summed E-state index contributed by atoms with van der Waals surface area (Å²) in [6.45, 7) is 0. The molecule has 0 amide bonds. The van der Waals surface area contributed by atoms with Gasteiger partial charge in [-0.1, -0.05) is 24.3 Å². The van der Waals surface area contributed by atoms with E-state index < -0.39 is 0 Å². The van der Waals surface area contributed by atoms with Crippen LogP contribution in [0.2, 0.25) is 0 Å². The van der Waals surface area contributed by atoms with Gasteiger partial charge in [0.25, 0.3) is 0 Å². The third-order valence-corrected chi connectivity index (χ3v) is 6.81. The van der Waals surface area contributed by atoms with E-state index in [1.165, 1.54) is 48.6 Å². The van der Waals surface area contributed by atoms with Gasteiger partial charge in [-0.3, -0.25) is 4.98 Å².